The van der Waals surface area contributed by atoms with Crippen LogP contribution < -0.4 is 0 Å². The molecule has 0 radical (unpaired) electrons. The summed E-state index contributed by atoms with van der Waals surface area (Å²) in [6.45, 7) is 4.40. The highest BCUT2D eigenvalue weighted by Gasteiger charge is 2.20. The Hall–Kier alpha value is 0.0200. The van der Waals surface area contributed by atoms with Crippen LogP contribution in [-0.2, 0) is 4.79 Å². The Kier molecular flexibility index (Phi) is 3.44. The van der Waals surface area contributed by atoms with Gasteiger partial charge in [0.2, 0.25) is 0 Å². The van der Waals surface area contributed by atoms with Crippen LogP contribution in [0.5, 0.6) is 0 Å². The minimum atomic E-state index is 0.467. The molecule has 0 amide bonds. The van der Waals surface area contributed by atoms with Gasteiger partial charge < -0.3 is 0 Å². The first-order valence-corrected chi connectivity index (χ1v) is 5.30. The lowest BCUT2D eigenvalue weighted by atomic mass is 9.99. The van der Waals surface area contributed by atoms with Crippen LogP contribution in [0.15, 0.2) is 0 Å². The van der Waals surface area contributed by atoms with Crippen LogP contribution in [0.4, 0.5) is 0 Å². The van der Waals surface area contributed by atoms with Gasteiger partial charge in [0.25, 0.3) is 0 Å². The predicted molar refractivity (Wildman–Crippen MR) is 50.0 cm³/mol. The van der Waals surface area contributed by atoms with Crippen molar-refractivity contribution in [2.75, 3.05) is 0 Å². The summed E-state index contributed by atoms with van der Waals surface area (Å²) in [5, 5.41) is 1.29. The molecule has 0 heterocycles. The van der Waals surface area contributed by atoms with E-state index < -0.39 is 0 Å². The molecule has 0 spiro atoms. The van der Waals surface area contributed by atoms with Crippen LogP contribution in [0.2, 0.25) is 0 Å². The SMILES string of the molecule is CC(C)SC1CCCC(=O)C1. The summed E-state index contributed by atoms with van der Waals surface area (Å²) in [6, 6.07) is 0. The fourth-order valence-electron chi connectivity index (χ4n) is 1.49. The minimum absolute atomic E-state index is 0.467. The molecule has 1 aliphatic rings. The fourth-order valence-corrected chi connectivity index (χ4v) is 2.84. The Bertz CT molecular complexity index is 142. The van der Waals surface area contributed by atoms with Gasteiger partial charge in [-0.05, 0) is 18.1 Å². The van der Waals surface area contributed by atoms with Crippen LogP contribution in [0.1, 0.15) is 39.5 Å². The minimum Gasteiger partial charge on any atom is -0.300 e. The zero-order valence-electron chi connectivity index (χ0n) is 7.30. The lowest BCUT2D eigenvalue weighted by Gasteiger charge is -2.21. The van der Waals surface area contributed by atoms with E-state index in [9.17, 15) is 4.79 Å². The van der Waals surface area contributed by atoms with Crippen LogP contribution in [0, 0.1) is 0 Å². The second kappa shape index (κ2) is 4.15. The van der Waals surface area contributed by atoms with E-state index >= 15 is 0 Å². The summed E-state index contributed by atoms with van der Waals surface area (Å²) in [6.07, 6.45) is 4.01. The molecule has 1 nitrogen and oxygen atoms in total. The van der Waals surface area contributed by atoms with Crippen molar-refractivity contribution in [2.45, 2.75) is 50.0 Å². The standard InChI is InChI=1S/C9H16OS/c1-7(2)11-9-5-3-4-8(10)6-9/h7,9H,3-6H2,1-2H3. The average molecular weight is 172 g/mol. The smallest absolute Gasteiger partial charge is 0.134 e. The van der Waals surface area contributed by atoms with Crippen molar-refractivity contribution in [1.29, 1.82) is 0 Å². The fraction of sp³-hybridized carbons (Fsp3) is 0.889. The monoisotopic (exact) mass is 172 g/mol. The summed E-state index contributed by atoms with van der Waals surface area (Å²) in [7, 11) is 0. The molecule has 0 bridgehead atoms. The normalized spacial score (nSPS) is 26.1. The Balaban J connectivity index is 2.28. The van der Waals surface area contributed by atoms with Crippen molar-refractivity contribution in [3.63, 3.8) is 0 Å². The number of Topliss-reactive ketones (excluding diaryl/α,β-unsaturated/α-hetero) is 1. The van der Waals surface area contributed by atoms with Gasteiger partial charge in [0.1, 0.15) is 5.78 Å². The predicted octanol–water partition coefficient (Wildman–Crippen LogP) is 2.64. The van der Waals surface area contributed by atoms with E-state index in [0.717, 1.165) is 19.3 Å². The van der Waals surface area contributed by atoms with Crippen molar-refractivity contribution in [1.82, 2.24) is 0 Å². The van der Waals surface area contributed by atoms with Gasteiger partial charge in [-0.15, -0.1) is 0 Å². The molecular formula is C9H16OS. The molecule has 1 atom stereocenters. The van der Waals surface area contributed by atoms with Crippen LogP contribution in [0.25, 0.3) is 0 Å². The summed E-state index contributed by atoms with van der Waals surface area (Å²) in [4.78, 5) is 11.0. The van der Waals surface area contributed by atoms with E-state index in [1.165, 1.54) is 6.42 Å². The number of ketones is 1. The van der Waals surface area contributed by atoms with Gasteiger partial charge >= 0.3 is 0 Å². The van der Waals surface area contributed by atoms with Crippen molar-refractivity contribution >= 4 is 17.5 Å². The lowest BCUT2D eigenvalue weighted by molar-refractivity contribution is -0.120. The number of carbonyl (C=O) groups excluding carboxylic acids is 1. The molecule has 0 aromatic heterocycles. The van der Waals surface area contributed by atoms with Gasteiger partial charge in [0.05, 0.1) is 0 Å². The van der Waals surface area contributed by atoms with Gasteiger partial charge in [-0.1, -0.05) is 13.8 Å². The zero-order chi connectivity index (χ0) is 8.27. The second-order valence-electron chi connectivity index (χ2n) is 3.44. The molecule has 0 N–H and O–H groups in total. The highest BCUT2D eigenvalue weighted by molar-refractivity contribution is 8.00. The summed E-state index contributed by atoms with van der Waals surface area (Å²) < 4.78 is 0. The van der Waals surface area contributed by atoms with Gasteiger partial charge in [0.15, 0.2) is 0 Å². The molecule has 1 saturated carbocycles. The first-order valence-electron chi connectivity index (χ1n) is 4.35. The molecule has 0 aromatic carbocycles. The summed E-state index contributed by atoms with van der Waals surface area (Å²) in [5.74, 6) is 0.467. The Morgan fingerprint density at radius 1 is 1.55 bits per heavy atom. The number of hydrogen-bond donors (Lipinski definition) is 0. The van der Waals surface area contributed by atoms with E-state index in [1.54, 1.807) is 0 Å². The molecule has 0 aromatic rings. The van der Waals surface area contributed by atoms with Gasteiger partial charge in [0, 0.05) is 18.1 Å². The topological polar surface area (TPSA) is 17.1 Å². The summed E-state index contributed by atoms with van der Waals surface area (Å²) >= 11 is 1.96. The third-order valence-corrected chi connectivity index (χ3v) is 3.23. The molecular weight excluding hydrogens is 156 g/mol. The number of carbonyl (C=O) groups is 1. The molecule has 0 saturated heterocycles. The molecule has 2 heteroatoms. The average Bonchev–Trinajstić information content (AvgIpc) is 1.85. The van der Waals surface area contributed by atoms with Crippen LogP contribution in [0.3, 0.4) is 0 Å². The largest absolute Gasteiger partial charge is 0.300 e. The lowest BCUT2D eigenvalue weighted by Crippen LogP contribution is -2.18. The Morgan fingerprint density at radius 2 is 2.27 bits per heavy atom. The van der Waals surface area contributed by atoms with E-state index in [1.807, 2.05) is 11.8 Å². The first kappa shape index (κ1) is 9.11. The van der Waals surface area contributed by atoms with Gasteiger partial charge in [-0.3, -0.25) is 4.79 Å². The molecule has 1 fully saturated rings. The van der Waals surface area contributed by atoms with E-state index in [-0.39, 0.29) is 0 Å². The number of thioether (sulfide) groups is 1. The number of rotatable bonds is 2. The molecule has 64 valence electrons. The maximum Gasteiger partial charge on any atom is 0.134 e. The molecule has 1 unspecified atom stereocenters. The highest BCUT2D eigenvalue weighted by atomic mass is 32.2. The van der Waals surface area contributed by atoms with Crippen molar-refractivity contribution in [3.05, 3.63) is 0 Å². The maximum absolute atomic E-state index is 11.0. The van der Waals surface area contributed by atoms with Crippen molar-refractivity contribution in [3.8, 4) is 0 Å². The zero-order valence-corrected chi connectivity index (χ0v) is 8.12. The maximum atomic E-state index is 11.0. The number of hydrogen-bond acceptors (Lipinski definition) is 2. The third kappa shape index (κ3) is 3.28. The molecule has 0 aliphatic heterocycles. The Labute approximate surface area is 72.9 Å². The summed E-state index contributed by atoms with van der Waals surface area (Å²) in [5.41, 5.74) is 0. The first-order chi connectivity index (χ1) is 5.18. The quantitative estimate of drug-likeness (QED) is 0.637. The molecule has 1 aliphatic carbocycles. The van der Waals surface area contributed by atoms with Crippen molar-refractivity contribution < 1.29 is 4.79 Å². The van der Waals surface area contributed by atoms with E-state index in [4.69, 9.17) is 0 Å². The van der Waals surface area contributed by atoms with Gasteiger partial charge in [-0.25, -0.2) is 0 Å². The van der Waals surface area contributed by atoms with Crippen LogP contribution in [-0.4, -0.2) is 16.3 Å². The van der Waals surface area contributed by atoms with E-state index in [0.29, 0.717) is 16.3 Å². The molecule has 1 rings (SSSR count). The third-order valence-electron chi connectivity index (χ3n) is 1.90. The van der Waals surface area contributed by atoms with Crippen LogP contribution >= 0.6 is 11.8 Å². The highest BCUT2D eigenvalue weighted by Crippen LogP contribution is 2.28. The van der Waals surface area contributed by atoms with Gasteiger partial charge in [-0.2, -0.15) is 11.8 Å². The Morgan fingerprint density at radius 3 is 2.82 bits per heavy atom. The second-order valence-corrected chi connectivity index (χ2v) is 5.32. The van der Waals surface area contributed by atoms with E-state index in [2.05, 4.69) is 13.8 Å². The van der Waals surface area contributed by atoms with Crippen molar-refractivity contribution in [2.24, 2.45) is 0 Å². The molecule has 11 heavy (non-hydrogen) atoms.